The molecule has 3 heteroatoms. The van der Waals surface area contributed by atoms with Crippen molar-refractivity contribution in [3.63, 3.8) is 0 Å². The van der Waals surface area contributed by atoms with Crippen molar-refractivity contribution in [1.29, 1.82) is 0 Å². The molecule has 1 aliphatic carbocycles. The Morgan fingerprint density at radius 3 is 2.75 bits per heavy atom. The van der Waals surface area contributed by atoms with Crippen molar-refractivity contribution in [2.75, 3.05) is 7.11 Å². The molecule has 2 nitrogen and oxygen atoms in total. The van der Waals surface area contributed by atoms with Crippen molar-refractivity contribution >= 4 is 0 Å². The van der Waals surface area contributed by atoms with Crippen LogP contribution in [0.4, 0.5) is 4.39 Å². The van der Waals surface area contributed by atoms with Gasteiger partial charge in [0.25, 0.3) is 0 Å². The summed E-state index contributed by atoms with van der Waals surface area (Å²) in [7, 11) is 1.70. The van der Waals surface area contributed by atoms with Gasteiger partial charge in [-0.3, -0.25) is 0 Å². The van der Waals surface area contributed by atoms with Crippen LogP contribution in [0.15, 0.2) is 24.3 Å². The molecule has 0 aromatic heterocycles. The summed E-state index contributed by atoms with van der Waals surface area (Å²) >= 11 is 0. The third-order valence-electron chi connectivity index (χ3n) is 3.11. The summed E-state index contributed by atoms with van der Waals surface area (Å²) in [6.07, 6.45) is 3.46. The highest BCUT2D eigenvalue weighted by Crippen LogP contribution is 2.25. The van der Waals surface area contributed by atoms with Gasteiger partial charge in [-0.2, -0.15) is 0 Å². The zero-order valence-corrected chi connectivity index (χ0v) is 9.49. The first-order valence-corrected chi connectivity index (χ1v) is 5.69. The van der Waals surface area contributed by atoms with Gasteiger partial charge in [-0.15, -0.1) is 0 Å². The SMILES string of the molecule is CO[C@H]1CCC[C@H]1OCc1ccccc1F. The Bertz CT molecular complexity index is 340. The third kappa shape index (κ3) is 2.60. The van der Waals surface area contributed by atoms with Crippen LogP contribution in [-0.2, 0) is 16.1 Å². The van der Waals surface area contributed by atoms with E-state index in [1.807, 2.05) is 6.07 Å². The zero-order chi connectivity index (χ0) is 11.4. The lowest BCUT2D eigenvalue weighted by atomic mass is 10.2. The topological polar surface area (TPSA) is 18.5 Å². The number of benzene rings is 1. The first kappa shape index (κ1) is 11.6. The van der Waals surface area contributed by atoms with Gasteiger partial charge in [-0.25, -0.2) is 4.39 Å². The fraction of sp³-hybridized carbons (Fsp3) is 0.538. The molecule has 1 aromatic rings. The Balaban J connectivity index is 1.90. The summed E-state index contributed by atoms with van der Waals surface area (Å²) in [5, 5.41) is 0. The molecular formula is C13H17FO2. The highest BCUT2D eigenvalue weighted by atomic mass is 19.1. The molecule has 1 aliphatic rings. The van der Waals surface area contributed by atoms with Crippen molar-refractivity contribution in [1.82, 2.24) is 0 Å². The molecule has 0 unspecified atom stereocenters. The van der Waals surface area contributed by atoms with Gasteiger partial charge in [-0.1, -0.05) is 18.2 Å². The van der Waals surface area contributed by atoms with E-state index < -0.39 is 0 Å². The maximum atomic E-state index is 13.3. The van der Waals surface area contributed by atoms with Crippen LogP contribution in [0.5, 0.6) is 0 Å². The van der Waals surface area contributed by atoms with E-state index in [1.165, 1.54) is 6.07 Å². The molecule has 0 amide bonds. The number of hydrogen-bond acceptors (Lipinski definition) is 2. The highest BCUT2D eigenvalue weighted by Gasteiger charge is 2.27. The van der Waals surface area contributed by atoms with Crippen LogP contribution < -0.4 is 0 Å². The molecule has 2 atom stereocenters. The summed E-state index contributed by atoms with van der Waals surface area (Å²) in [5.41, 5.74) is 0.615. The minimum atomic E-state index is -0.200. The lowest BCUT2D eigenvalue weighted by molar-refractivity contribution is -0.0463. The number of methoxy groups -OCH3 is 1. The van der Waals surface area contributed by atoms with E-state index in [-0.39, 0.29) is 18.0 Å². The van der Waals surface area contributed by atoms with Gasteiger partial charge >= 0.3 is 0 Å². The first-order valence-electron chi connectivity index (χ1n) is 5.69. The molecule has 88 valence electrons. The first-order chi connectivity index (χ1) is 7.81. The Labute approximate surface area is 95.4 Å². The fourth-order valence-electron chi connectivity index (χ4n) is 2.16. The average Bonchev–Trinajstić information content (AvgIpc) is 2.75. The Morgan fingerprint density at radius 1 is 1.25 bits per heavy atom. The maximum absolute atomic E-state index is 13.3. The molecule has 0 saturated heterocycles. The Hall–Kier alpha value is -0.930. The standard InChI is InChI=1S/C13H17FO2/c1-15-12-7-4-8-13(12)16-9-10-5-2-3-6-11(10)14/h2-3,5-6,12-13H,4,7-9H2,1H3/t12-,13+/m0/s1. The minimum Gasteiger partial charge on any atom is -0.379 e. The number of halogens is 1. The van der Waals surface area contributed by atoms with E-state index in [2.05, 4.69) is 0 Å². The number of hydrogen-bond donors (Lipinski definition) is 0. The molecule has 1 fully saturated rings. The van der Waals surface area contributed by atoms with Crippen molar-refractivity contribution in [2.45, 2.75) is 38.1 Å². The lowest BCUT2D eigenvalue weighted by Crippen LogP contribution is -2.24. The molecule has 0 heterocycles. The summed E-state index contributed by atoms with van der Waals surface area (Å²) in [6.45, 7) is 0.331. The van der Waals surface area contributed by atoms with Crippen LogP contribution in [0.1, 0.15) is 24.8 Å². The van der Waals surface area contributed by atoms with Crippen molar-refractivity contribution in [3.05, 3.63) is 35.6 Å². The second-order valence-corrected chi connectivity index (χ2v) is 4.15. The van der Waals surface area contributed by atoms with E-state index in [0.29, 0.717) is 12.2 Å². The normalized spacial score (nSPS) is 24.9. The predicted octanol–water partition coefficient (Wildman–Crippen LogP) is 2.91. The highest BCUT2D eigenvalue weighted by molar-refractivity contribution is 5.16. The summed E-state index contributed by atoms with van der Waals surface area (Å²) in [5.74, 6) is -0.200. The van der Waals surface area contributed by atoms with Crippen molar-refractivity contribution < 1.29 is 13.9 Å². The second kappa shape index (κ2) is 5.41. The van der Waals surface area contributed by atoms with E-state index in [0.717, 1.165) is 19.3 Å². The van der Waals surface area contributed by atoms with E-state index in [1.54, 1.807) is 19.2 Å². The maximum Gasteiger partial charge on any atom is 0.128 e. The average molecular weight is 224 g/mol. The molecule has 16 heavy (non-hydrogen) atoms. The quantitative estimate of drug-likeness (QED) is 0.783. The van der Waals surface area contributed by atoms with Crippen LogP contribution in [0, 0.1) is 5.82 Å². The fourth-order valence-corrected chi connectivity index (χ4v) is 2.16. The van der Waals surface area contributed by atoms with Gasteiger partial charge in [0.05, 0.1) is 18.8 Å². The van der Waals surface area contributed by atoms with Gasteiger partial charge in [-0.05, 0) is 25.3 Å². The molecule has 0 bridgehead atoms. The van der Waals surface area contributed by atoms with Gasteiger partial charge in [0.1, 0.15) is 5.82 Å². The van der Waals surface area contributed by atoms with Crippen molar-refractivity contribution in [3.8, 4) is 0 Å². The zero-order valence-electron chi connectivity index (χ0n) is 9.49. The van der Waals surface area contributed by atoms with Crippen LogP contribution in [0.2, 0.25) is 0 Å². The Morgan fingerprint density at radius 2 is 2.00 bits per heavy atom. The van der Waals surface area contributed by atoms with Crippen LogP contribution >= 0.6 is 0 Å². The molecule has 0 aliphatic heterocycles. The molecule has 1 aromatic carbocycles. The smallest absolute Gasteiger partial charge is 0.128 e. The van der Waals surface area contributed by atoms with Gasteiger partial charge in [0, 0.05) is 12.7 Å². The van der Waals surface area contributed by atoms with E-state index in [9.17, 15) is 4.39 Å². The summed E-state index contributed by atoms with van der Waals surface area (Å²) in [4.78, 5) is 0. The molecule has 0 N–H and O–H groups in total. The minimum absolute atomic E-state index is 0.115. The number of rotatable bonds is 4. The molecule has 2 rings (SSSR count). The number of ether oxygens (including phenoxy) is 2. The van der Waals surface area contributed by atoms with Crippen molar-refractivity contribution in [2.24, 2.45) is 0 Å². The van der Waals surface area contributed by atoms with Gasteiger partial charge in [0.2, 0.25) is 0 Å². The molecule has 0 spiro atoms. The monoisotopic (exact) mass is 224 g/mol. The second-order valence-electron chi connectivity index (χ2n) is 4.15. The summed E-state index contributed by atoms with van der Waals surface area (Å²) < 4.78 is 24.4. The summed E-state index contributed by atoms with van der Waals surface area (Å²) in [6, 6.07) is 6.73. The predicted molar refractivity (Wildman–Crippen MR) is 59.6 cm³/mol. The van der Waals surface area contributed by atoms with Crippen LogP contribution in [0.3, 0.4) is 0 Å². The largest absolute Gasteiger partial charge is 0.379 e. The van der Waals surface area contributed by atoms with Crippen LogP contribution in [0.25, 0.3) is 0 Å². The lowest BCUT2D eigenvalue weighted by Gasteiger charge is -2.18. The Kier molecular flexibility index (Phi) is 3.91. The van der Waals surface area contributed by atoms with Gasteiger partial charge < -0.3 is 9.47 Å². The molecular weight excluding hydrogens is 207 g/mol. The third-order valence-corrected chi connectivity index (χ3v) is 3.11. The van der Waals surface area contributed by atoms with E-state index >= 15 is 0 Å². The van der Waals surface area contributed by atoms with Crippen LogP contribution in [-0.4, -0.2) is 19.3 Å². The molecule has 1 saturated carbocycles. The van der Waals surface area contributed by atoms with E-state index in [4.69, 9.17) is 9.47 Å². The van der Waals surface area contributed by atoms with Gasteiger partial charge in [0.15, 0.2) is 0 Å². The molecule has 0 radical (unpaired) electrons.